The molecule has 1 aromatic heterocycles. The lowest BCUT2D eigenvalue weighted by molar-refractivity contribution is 0.658. The van der Waals surface area contributed by atoms with Crippen LogP contribution in [-0.2, 0) is 12.3 Å². The van der Waals surface area contributed by atoms with Gasteiger partial charge in [0, 0.05) is 10.8 Å². The molecule has 0 aliphatic rings. The minimum Gasteiger partial charge on any atom is -0.283 e. The Morgan fingerprint density at radius 1 is 0.929 bits per heavy atom. The summed E-state index contributed by atoms with van der Waals surface area (Å²) in [5.41, 5.74) is 4.14. The largest absolute Gasteiger partial charge is 0.283 e. The van der Waals surface area contributed by atoms with Crippen LogP contribution in [0.2, 0.25) is 5.02 Å². The Kier molecular flexibility index (Phi) is 5.51. The second kappa shape index (κ2) is 8.21. The van der Waals surface area contributed by atoms with Crippen LogP contribution in [0.5, 0.6) is 0 Å². The van der Waals surface area contributed by atoms with E-state index in [4.69, 9.17) is 16.6 Å². The van der Waals surface area contributed by atoms with Crippen molar-refractivity contribution >= 4 is 34.3 Å². The van der Waals surface area contributed by atoms with Crippen molar-refractivity contribution in [3.05, 3.63) is 105 Å². The summed E-state index contributed by atoms with van der Waals surface area (Å²) in [4.78, 5) is 18.0. The SMILES string of the molecule is Cc1ccc(Cn2c(SCc3ccc(Cl)cc3)nc3ccccc3c2=O)cc1. The molecular formula is C23H19ClN2OS. The Morgan fingerprint density at radius 3 is 2.36 bits per heavy atom. The van der Waals surface area contributed by atoms with Crippen LogP contribution >= 0.6 is 23.4 Å². The summed E-state index contributed by atoms with van der Waals surface area (Å²) in [6.07, 6.45) is 0. The van der Waals surface area contributed by atoms with Crippen molar-refractivity contribution in [2.24, 2.45) is 0 Å². The molecule has 0 radical (unpaired) electrons. The third-order valence-electron chi connectivity index (χ3n) is 4.57. The van der Waals surface area contributed by atoms with E-state index >= 15 is 0 Å². The van der Waals surface area contributed by atoms with Crippen LogP contribution in [0.4, 0.5) is 0 Å². The van der Waals surface area contributed by atoms with Crippen LogP contribution in [0.25, 0.3) is 10.9 Å². The van der Waals surface area contributed by atoms with Gasteiger partial charge in [-0.05, 0) is 42.3 Å². The first kappa shape index (κ1) is 18.8. The number of fused-ring (bicyclic) bond motifs is 1. The molecule has 0 atom stereocenters. The molecule has 0 spiro atoms. The number of rotatable bonds is 5. The van der Waals surface area contributed by atoms with Gasteiger partial charge in [-0.1, -0.05) is 77.5 Å². The van der Waals surface area contributed by atoms with Gasteiger partial charge in [-0.2, -0.15) is 0 Å². The average molecular weight is 407 g/mol. The number of thioether (sulfide) groups is 1. The fraction of sp³-hybridized carbons (Fsp3) is 0.130. The molecule has 28 heavy (non-hydrogen) atoms. The van der Waals surface area contributed by atoms with Gasteiger partial charge in [-0.15, -0.1) is 0 Å². The number of nitrogens with zero attached hydrogens (tertiary/aromatic N) is 2. The highest BCUT2D eigenvalue weighted by molar-refractivity contribution is 7.98. The molecule has 0 unspecified atom stereocenters. The van der Waals surface area contributed by atoms with E-state index in [2.05, 4.69) is 31.2 Å². The molecule has 0 amide bonds. The van der Waals surface area contributed by atoms with Gasteiger partial charge in [-0.3, -0.25) is 9.36 Å². The number of aryl methyl sites for hydroxylation is 1. The predicted molar refractivity (Wildman–Crippen MR) is 117 cm³/mol. The fourth-order valence-corrected chi connectivity index (χ4v) is 4.08. The molecule has 1 heterocycles. The van der Waals surface area contributed by atoms with Crippen molar-refractivity contribution in [1.82, 2.24) is 9.55 Å². The highest BCUT2D eigenvalue weighted by atomic mass is 35.5. The Labute approximate surface area is 173 Å². The highest BCUT2D eigenvalue weighted by Gasteiger charge is 2.12. The summed E-state index contributed by atoms with van der Waals surface area (Å²) in [7, 11) is 0. The Morgan fingerprint density at radius 2 is 1.61 bits per heavy atom. The number of hydrogen-bond donors (Lipinski definition) is 0. The summed E-state index contributed by atoms with van der Waals surface area (Å²) in [6, 6.07) is 23.5. The van der Waals surface area contributed by atoms with Gasteiger partial charge in [0.1, 0.15) is 0 Å². The van der Waals surface area contributed by atoms with Crippen LogP contribution in [0, 0.1) is 6.92 Å². The van der Waals surface area contributed by atoms with Crippen molar-refractivity contribution in [3.63, 3.8) is 0 Å². The molecule has 3 aromatic carbocycles. The smallest absolute Gasteiger partial charge is 0.262 e. The first-order chi connectivity index (χ1) is 13.6. The molecule has 0 saturated carbocycles. The first-order valence-electron chi connectivity index (χ1n) is 9.02. The number of aromatic nitrogens is 2. The minimum absolute atomic E-state index is 0.00946. The van der Waals surface area contributed by atoms with E-state index in [9.17, 15) is 4.79 Å². The maximum Gasteiger partial charge on any atom is 0.262 e. The summed E-state index contributed by atoms with van der Waals surface area (Å²) in [6.45, 7) is 2.56. The standard InChI is InChI=1S/C23H19ClN2OS/c1-16-6-8-17(9-7-16)14-26-22(27)20-4-2-3-5-21(20)25-23(26)28-15-18-10-12-19(24)13-11-18/h2-13H,14-15H2,1H3. The van der Waals surface area contributed by atoms with Gasteiger partial charge in [-0.25, -0.2) is 4.98 Å². The monoisotopic (exact) mass is 406 g/mol. The molecule has 3 nitrogen and oxygen atoms in total. The molecule has 0 N–H and O–H groups in total. The third-order valence-corrected chi connectivity index (χ3v) is 5.87. The molecule has 0 fully saturated rings. The van der Waals surface area contributed by atoms with Crippen LogP contribution < -0.4 is 5.56 Å². The molecule has 4 rings (SSSR count). The van der Waals surface area contributed by atoms with Crippen LogP contribution in [0.3, 0.4) is 0 Å². The van der Waals surface area contributed by atoms with Crippen molar-refractivity contribution in [3.8, 4) is 0 Å². The van der Waals surface area contributed by atoms with E-state index in [0.717, 1.165) is 27.6 Å². The van der Waals surface area contributed by atoms with Crippen LogP contribution in [0.1, 0.15) is 16.7 Å². The van der Waals surface area contributed by atoms with Crippen molar-refractivity contribution < 1.29 is 0 Å². The zero-order chi connectivity index (χ0) is 19.5. The maximum atomic E-state index is 13.2. The molecular weight excluding hydrogens is 388 g/mol. The summed E-state index contributed by atoms with van der Waals surface area (Å²) in [5.74, 6) is 0.718. The van der Waals surface area contributed by atoms with Crippen molar-refractivity contribution in [1.29, 1.82) is 0 Å². The second-order valence-corrected chi connectivity index (χ2v) is 8.08. The van der Waals surface area contributed by atoms with Crippen LogP contribution in [0.15, 0.2) is 82.7 Å². The van der Waals surface area contributed by atoms with E-state index in [-0.39, 0.29) is 5.56 Å². The maximum absolute atomic E-state index is 13.2. The van der Waals surface area contributed by atoms with Gasteiger partial charge in [0.25, 0.3) is 5.56 Å². The molecule has 0 bridgehead atoms. The van der Waals surface area contributed by atoms with E-state index in [1.54, 1.807) is 16.3 Å². The molecule has 4 aromatic rings. The lowest BCUT2D eigenvalue weighted by atomic mass is 10.1. The summed E-state index contributed by atoms with van der Waals surface area (Å²) < 4.78 is 1.77. The zero-order valence-electron chi connectivity index (χ0n) is 15.4. The van der Waals surface area contributed by atoms with E-state index in [1.807, 2.05) is 48.5 Å². The fourth-order valence-electron chi connectivity index (χ4n) is 3.00. The molecule has 0 aliphatic heterocycles. The summed E-state index contributed by atoms with van der Waals surface area (Å²) >= 11 is 7.54. The zero-order valence-corrected chi connectivity index (χ0v) is 17.0. The summed E-state index contributed by atoms with van der Waals surface area (Å²) in [5, 5.41) is 2.08. The first-order valence-corrected chi connectivity index (χ1v) is 10.4. The second-order valence-electron chi connectivity index (χ2n) is 6.70. The van der Waals surface area contributed by atoms with E-state index in [0.29, 0.717) is 17.0 Å². The normalized spacial score (nSPS) is 11.1. The topological polar surface area (TPSA) is 34.9 Å². The minimum atomic E-state index is -0.00946. The molecule has 140 valence electrons. The van der Waals surface area contributed by atoms with Gasteiger partial charge in [0.15, 0.2) is 5.16 Å². The Bertz CT molecular complexity index is 1170. The Hall–Kier alpha value is -2.56. The van der Waals surface area contributed by atoms with E-state index < -0.39 is 0 Å². The number of benzene rings is 3. The Balaban J connectivity index is 1.73. The molecule has 0 saturated heterocycles. The highest BCUT2D eigenvalue weighted by Crippen LogP contribution is 2.24. The van der Waals surface area contributed by atoms with Gasteiger partial charge in [0.05, 0.1) is 17.4 Å². The number of para-hydroxylation sites is 1. The van der Waals surface area contributed by atoms with Crippen molar-refractivity contribution in [2.45, 2.75) is 24.4 Å². The molecule has 0 aliphatic carbocycles. The van der Waals surface area contributed by atoms with Crippen LogP contribution in [-0.4, -0.2) is 9.55 Å². The van der Waals surface area contributed by atoms with Gasteiger partial charge in [0.2, 0.25) is 0 Å². The van der Waals surface area contributed by atoms with E-state index in [1.165, 1.54) is 5.56 Å². The number of hydrogen-bond acceptors (Lipinski definition) is 3. The third kappa shape index (κ3) is 4.13. The quantitative estimate of drug-likeness (QED) is 0.315. The van der Waals surface area contributed by atoms with Gasteiger partial charge >= 0.3 is 0 Å². The number of halogens is 1. The van der Waals surface area contributed by atoms with Gasteiger partial charge < -0.3 is 0 Å². The average Bonchev–Trinajstić information content (AvgIpc) is 2.71. The predicted octanol–water partition coefficient (Wildman–Crippen LogP) is 5.70. The van der Waals surface area contributed by atoms with Crippen molar-refractivity contribution in [2.75, 3.05) is 0 Å². The molecule has 5 heteroatoms. The lowest BCUT2D eigenvalue weighted by Crippen LogP contribution is -2.24. The lowest BCUT2D eigenvalue weighted by Gasteiger charge is -2.13.